The minimum absolute atomic E-state index is 0.128. The van der Waals surface area contributed by atoms with E-state index in [1.807, 2.05) is 0 Å². The van der Waals surface area contributed by atoms with E-state index in [4.69, 9.17) is 5.73 Å². The molecule has 2 fully saturated rings. The van der Waals surface area contributed by atoms with Crippen LogP contribution in [0.15, 0.2) is 18.3 Å². The van der Waals surface area contributed by atoms with Crippen LogP contribution in [0.5, 0.6) is 0 Å². The van der Waals surface area contributed by atoms with Gasteiger partial charge in [0.15, 0.2) is 0 Å². The Morgan fingerprint density at radius 2 is 1.84 bits per heavy atom. The summed E-state index contributed by atoms with van der Waals surface area (Å²) in [5, 5.41) is 5.89. The number of likely N-dealkylation sites (tertiary alicyclic amines) is 1. The molecular weight excluding hydrogens is 400 g/mol. The topological polar surface area (TPSA) is 130 Å². The van der Waals surface area contributed by atoms with Crippen LogP contribution in [0, 0.1) is 0 Å². The molecule has 31 heavy (non-hydrogen) atoms. The Hall–Kier alpha value is -3.04. The first kappa shape index (κ1) is 22.6. The number of aromatic nitrogens is 1. The van der Waals surface area contributed by atoms with Crippen LogP contribution in [0.4, 0.5) is 4.79 Å². The van der Waals surface area contributed by atoms with Gasteiger partial charge in [-0.05, 0) is 31.4 Å². The second-order valence-corrected chi connectivity index (χ2v) is 8.46. The van der Waals surface area contributed by atoms with Crippen LogP contribution in [-0.4, -0.2) is 76.4 Å². The third kappa shape index (κ3) is 5.36. The molecular formula is C21H32N6O4. The Labute approximate surface area is 182 Å². The van der Waals surface area contributed by atoms with Crippen molar-refractivity contribution in [1.82, 2.24) is 25.0 Å². The van der Waals surface area contributed by atoms with Crippen molar-refractivity contribution in [2.75, 3.05) is 20.1 Å². The molecule has 2 atom stereocenters. The van der Waals surface area contributed by atoms with Gasteiger partial charge in [0.1, 0.15) is 11.7 Å². The van der Waals surface area contributed by atoms with Crippen LogP contribution in [0.1, 0.15) is 49.0 Å². The Bertz CT molecular complexity index is 832. The average molecular weight is 433 g/mol. The standard InChI is InChI=1S/C21H32N6O4/c1-25-11-6-9-16(25)19(29)27-12-10-15(18(27)20(30)26(2)13-17(22)28)24-21(31)23-14-7-4-3-5-8-14/h6,9,11,14-15,18H,3-5,7-8,10,12-13H2,1-2H3,(H2,22,28)(H2,23,24,31). The first-order chi connectivity index (χ1) is 14.8. The highest BCUT2D eigenvalue weighted by molar-refractivity contribution is 5.98. The molecule has 1 aliphatic carbocycles. The Kier molecular flexibility index (Phi) is 7.19. The molecule has 1 aromatic heterocycles. The normalized spacial score (nSPS) is 21.5. The van der Waals surface area contributed by atoms with Gasteiger partial charge in [0.25, 0.3) is 5.91 Å². The number of hydrogen-bond acceptors (Lipinski definition) is 4. The maximum Gasteiger partial charge on any atom is 0.315 e. The fraction of sp³-hybridized carbons (Fsp3) is 0.619. The number of likely N-dealkylation sites (N-methyl/N-ethyl adjacent to an activating group) is 1. The second kappa shape index (κ2) is 9.84. The van der Waals surface area contributed by atoms with E-state index in [-0.39, 0.29) is 24.5 Å². The van der Waals surface area contributed by atoms with E-state index in [1.165, 1.54) is 23.3 Å². The van der Waals surface area contributed by atoms with Crippen molar-refractivity contribution in [2.45, 2.75) is 56.7 Å². The van der Waals surface area contributed by atoms with Gasteiger partial charge in [-0.25, -0.2) is 4.79 Å². The average Bonchev–Trinajstić information content (AvgIpc) is 3.33. The third-order valence-corrected chi connectivity index (χ3v) is 6.10. The summed E-state index contributed by atoms with van der Waals surface area (Å²) in [6.07, 6.45) is 7.45. The first-order valence-electron chi connectivity index (χ1n) is 10.8. The highest BCUT2D eigenvalue weighted by atomic mass is 16.2. The number of primary amides is 1. The lowest BCUT2D eigenvalue weighted by Gasteiger charge is -2.31. The van der Waals surface area contributed by atoms with Gasteiger partial charge in [0, 0.05) is 32.9 Å². The first-order valence-corrected chi connectivity index (χ1v) is 10.8. The third-order valence-electron chi connectivity index (χ3n) is 6.10. The van der Waals surface area contributed by atoms with Gasteiger partial charge < -0.3 is 30.7 Å². The van der Waals surface area contributed by atoms with Gasteiger partial charge in [-0.15, -0.1) is 0 Å². The van der Waals surface area contributed by atoms with E-state index in [0.717, 1.165) is 25.7 Å². The van der Waals surface area contributed by atoms with E-state index in [9.17, 15) is 19.2 Å². The van der Waals surface area contributed by atoms with Crippen LogP contribution in [0.2, 0.25) is 0 Å². The van der Waals surface area contributed by atoms with Crippen molar-refractivity contribution in [2.24, 2.45) is 12.8 Å². The molecule has 10 heteroatoms. The lowest BCUT2D eigenvalue weighted by Crippen LogP contribution is -2.57. The lowest BCUT2D eigenvalue weighted by molar-refractivity contribution is -0.137. The molecule has 1 saturated heterocycles. The summed E-state index contributed by atoms with van der Waals surface area (Å²) in [5.41, 5.74) is 5.69. The predicted molar refractivity (Wildman–Crippen MR) is 114 cm³/mol. The minimum atomic E-state index is -0.913. The van der Waals surface area contributed by atoms with Gasteiger partial charge in [-0.2, -0.15) is 0 Å². The summed E-state index contributed by atoms with van der Waals surface area (Å²) in [6, 6.07) is 1.77. The minimum Gasteiger partial charge on any atom is -0.368 e. The number of carbonyl (C=O) groups is 4. The number of rotatable bonds is 6. The maximum absolute atomic E-state index is 13.2. The molecule has 0 aromatic carbocycles. The number of carbonyl (C=O) groups excluding carboxylic acids is 4. The zero-order chi connectivity index (χ0) is 22.5. The molecule has 0 bridgehead atoms. The summed E-state index contributed by atoms with van der Waals surface area (Å²) >= 11 is 0. The quantitative estimate of drug-likeness (QED) is 0.592. The van der Waals surface area contributed by atoms with Crippen molar-refractivity contribution in [1.29, 1.82) is 0 Å². The fourth-order valence-electron chi connectivity index (χ4n) is 4.49. The van der Waals surface area contributed by atoms with Crippen LogP contribution in [0.3, 0.4) is 0 Å². The Balaban J connectivity index is 1.76. The molecule has 5 amide bonds. The molecule has 0 spiro atoms. The van der Waals surface area contributed by atoms with Crippen molar-refractivity contribution < 1.29 is 19.2 Å². The van der Waals surface area contributed by atoms with Gasteiger partial charge in [-0.1, -0.05) is 19.3 Å². The van der Waals surface area contributed by atoms with E-state index >= 15 is 0 Å². The highest BCUT2D eigenvalue weighted by Crippen LogP contribution is 2.23. The maximum atomic E-state index is 13.2. The smallest absolute Gasteiger partial charge is 0.315 e. The van der Waals surface area contributed by atoms with Crippen LogP contribution < -0.4 is 16.4 Å². The monoisotopic (exact) mass is 432 g/mol. The number of nitrogens with zero attached hydrogens (tertiary/aromatic N) is 3. The summed E-state index contributed by atoms with van der Waals surface area (Å²) in [5.74, 6) is -1.37. The van der Waals surface area contributed by atoms with E-state index in [1.54, 1.807) is 29.9 Å². The predicted octanol–water partition coefficient (Wildman–Crippen LogP) is 0.184. The molecule has 3 rings (SSSR count). The molecule has 1 saturated carbocycles. The van der Waals surface area contributed by atoms with Gasteiger partial charge in [0.05, 0.1) is 12.6 Å². The molecule has 2 unspecified atom stereocenters. The molecule has 2 aliphatic rings. The summed E-state index contributed by atoms with van der Waals surface area (Å²) in [4.78, 5) is 52.9. The van der Waals surface area contributed by atoms with Gasteiger partial charge in [-0.3, -0.25) is 14.4 Å². The van der Waals surface area contributed by atoms with E-state index in [0.29, 0.717) is 18.7 Å². The van der Waals surface area contributed by atoms with Crippen LogP contribution in [-0.2, 0) is 16.6 Å². The molecule has 10 nitrogen and oxygen atoms in total. The molecule has 0 radical (unpaired) electrons. The van der Waals surface area contributed by atoms with Gasteiger partial charge in [0.2, 0.25) is 11.8 Å². The molecule has 1 aromatic rings. The lowest BCUT2D eigenvalue weighted by atomic mass is 9.96. The number of nitrogens with two attached hydrogens (primary N) is 1. The zero-order valence-corrected chi connectivity index (χ0v) is 18.2. The Morgan fingerprint density at radius 3 is 2.45 bits per heavy atom. The van der Waals surface area contributed by atoms with Crippen molar-refractivity contribution in [3.05, 3.63) is 24.0 Å². The molecule has 170 valence electrons. The molecule has 2 heterocycles. The zero-order valence-electron chi connectivity index (χ0n) is 18.2. The van der Waals surface area contributed by atoms with Crippen molar-refractivity contribution in [3.63, 3.8) is 0 Å². The van der Waals surface area contributed by atoms with E-state index < -0.39 is 23.9 Å². The van der Waals surface area contributed by atoms with E-state index in [2.05, 4.69) is 10.6 Å². The second-order valence-electron chi connectivity index (χ2n) is 8.46. The number of aryl methyl sites for hydroxylation is 1. The number of hydrogen-bond donors (Lipinski definition) is 3. The molecule has 4 N–H and O–H groups in total. The largest absolute Gasteiger partial charge is 0.368 e. The van der Waals surface area contributed by atoms with Crippen molar-refractivity contribution in [3.8, 4) is 0 Å². The highest BCUT2D eigenvalue weighted by Gasteiger charge is 2.44. The van der Waals surface area contributed by atoms with Crippen LogP contribution >= 0.6 is 0 Å². The summed E-state index contributed by atoms with van der Waals surface area (Å²) in [6.45, 7) is 0.0573. The number of amides is 5. The number of nitrogens with one attached hydrogen (secondary N) is 2. The van der Waals surface area contributed by atoms with Crippen molar-refractivity contribution >= 4 is 23.8 Å². The number of urea groups is 1. The summed E-state index contributed by atoms with van der Waals surface area (Å²) in [7, 11) is 3.22. The summed E-state index contributed by atoms with van der Waals surface area (Å²) < 4.78 is 1.69. The van der Waals surface area contributed by atoms with Gasteiger partial charge >= 0.3 is 6.03 Å². The fourth-order valence-corrected chi connectivity index (χ4v) is 4.49. The van der Waals surface area contributed by atoms with Crippen LogP contribution in [0.25, 0.3) is 0 Å². The SMILES string of the molecule is CN(CC(N)=O)C(=O)C1C(NC(=O)NC2CCCCC2)CCN1C(=O)c1cccn1C. The Morgan fingerprint density at radius 1 is 1.13 bits per heavy atom. The molecule has 1 aliphatic heterocycles.